The third-order valence-corrected chi connectivity index (χ3v) is 4.95. The van der Waals surface area contributed by atoms with Crippen molar-refractivity contribution in [1.82, 2.24) is 4.90 Å². The molecule has 2 rings (SSSR count). The summed E-state index contributed by atoms with van der Waals surface area (Å²) in [5.41, 5.74) is 0. The summed E-state index contributed by atoms with van der Waals surface area (Å²) < 4.78 is 0. The highest BCUT2D eigenvalue weighted by atomic mass is 15.1. The van der Waals surface area contributed by atoms with E-state index in [9.17, 15) is 0 Å². The van der Waals surface area contributed by atoms with Crippen LogP contribution in [0.25, 0.3) is 0 Å². The van der Waals surface area contributed by atoms with Crippen LogP contribution in [0.15, 0.2) is 0 Å². The maximum Gasteiger partial charge on any atom is 0.00922 e. The van der Waals surface area contributed by atoms with Gasteiger partial charge < -0.3 is 4.90 Å². The van der Waals surface area contributed by atoms with Crippen molar-refractivity contribution in [1.29, 1.82) is 0 Å². The van der Waals surface area contributed by atoms with Gasteiger partial charge in [0.25, 0.3) is 0 Å². The van der Waals surface area contributed by atoms with E-state index in [1.165, 1.54) is 38.6 Å². The smallest absolute Gasteiger partial charge is 0.00922 e. The Hall–Kier alpha value is -0.0400. The van der Waals surface area contributed by atoms with Gasteiger partial charge in [-0.1, -0.05) is 26.2 Å². The van der Waals surface area contributed by atoms with Gasteiger partial charge in [0.05, 0.1) is 0 Å². The molecule has 2 aliphatic rings. The summed E-state index contributed by atoms with van der Waals surface area (Å²) in [7, 11) is 2.30. The van der Waals surface area contributed by atoms with Crippen molar-refractivity contribution in [2.75, 3.05) is 13.6 Å². The van der Waals surface area contributed by atoms with Crippen LogP contribution in [0, 0.1) is 17.8 Å². The Kier molecular flexibility index (Phi) is 3.16. The molecule has 14 heavy (non-hydrogen) atoms. The zero-order valence-corrected chi connectivity index (χ0v) is 10.00. The van der Waals surface area contributed by atoms with E-state index in [2.05, 4.69) is 25.8 Å². The van der Waals surface area contributed by atoms with Crippen LogP contribution < -0.4 is 0 Å². The van der Waals surface area contributed by atoms with Crippen molar-refractivity contribution in [2.45, 2.75) is 52.0 Å². The van der Waals surface area contributed by atoms with E-state index in [0.717, 1.165) is 23.8 Å². The van der Waals surface area contributed by atoms with Gasteiger partial charge in [-0.3, -0.25) is 0 Å². The number of hydrogen-bond donors (Lipinski definition) is 0. The van der Waals surface area contributed by atoms with Gasteiger partial charge in [-0.05, 0) is 51.1 Å². The fourth-order valence-corrected chi connectivity index (χ4v) is 3.62. The standard InChI is InChI=1S/C13H25N/c1-10-11(2)14(3)9-8-12-6-4-5-7-13(10)12/h10-13H,4-9H2,1-3H3. The summed E-state index contributed by atoms with van der Waals surface area (Å²) in [4.78, 5) is 2.57. The molecule has 1 nitrogen and oxygen atoms in total. The number of nitrogens with zero attached hydrogens (tertiary/aromatic N) is 1. The molecule has 1 heterocycles. The van der Waals surface area contributed by atoms with Gasteiger partial charge in [-0.2, -0.15) is 0 Å². The lowest BCUT2D eigenvalue weighted by atomic mass is 9.71. The Labute approximate surface area is 88.9 Å². The molecular formula is C13H25N. The summed E-state index contributed by atoms with van der Waals surface area (Å²) in [5, 5.41) is 0. The fourth-order valence-electron chi connectivity index (χ4n) is 3.62. The Morgan fingerprint density at radius 3 is 2.50 bits per heavy atom. The van der Waals surface area contributed by atoms with Gasteiger partial charge in [0.15, 0.2) is 0 Å². The molecule has 1 aliphatic heterocycles. The molecule has 0 radical (unpaired) electrons. The van der Waals surface area contributed by atoms with Crippen molar-refractivity contribution in [3.63, 3.8) is 0 Å². The number of rotatable bonds is 0. The molecule has 0 aromatic carbocycles. The molecule has 0 aromatic heterocycles. The molecule has 1 aliphatic carbocycles. The SMILES string of the molecule is CC1C2CCCCC2CCN(C)C1C. The molecule has 1 saturated carbocycles. The first-order chi connectivity index (χ1) is 6.70. The van der Waals surface area contributed by atoms with Gasteiger partial charge in [-0.25, -0.2) is 0 Å². The van der Waals surface area contributed by atoms with Gasteiger partial charge >= 0.3 is 0 Å². The van der Waals surface area contributed by atoms with E-state index < -0.39 is 0 Å². The lowest BCUT2D eigenvalue weighted by molar-refractivity contribution is 0.141. The fraction of sp³-hybridized carbons (Fsp3) is 1.00. The Morgan fingerprint density at radius 2 is 1.71 bits per heavy atom. The highest BCUT2D eigenvalue weighted by Crippen LogP contribution is 2.41. The van der Waals surface area contributed by atoms with Crippen LogP contribution in [0.4, 0.5) is 0 Å². The lowest BCUT2D eigenvalue weighted by Crippen LogP contribution is -2.36. The van der Waals surface area contributed by atoms with E-state index in [4.69, 9.17) is 0 Å². The molecule has 82 valence electrons. The van der Waals surface area contributed by atoms with Gasteiger partial charge in [0.2, 0.25) is 0 Å². The van der Waals surface area contributed by atoms with Crippen LogP contribution in [-0.4, -0.2) is 24.5 Å². The van der Waals surface area contributed by atoms with E-state index in [1.54, 1.807) is 0 Å². The summed E-state index contributed by atoms with van der Waals surface area (Å²) in [6, 6.07) is 0.795. The van der Waals surface area contributed by atoms with Crippen LogP contribution in [0.5, 0.6) is 0 Å². The van der Waals surface area contributed by atoms with Crippen LogP contribution in [0.1, 0.15) is 46.0 Å². The molecule has 0 aromatic rings. The van der Waals surface area contributed by atoms with Crippen LogP contribution in [0.2, 0.25) is 0 Å². The maximum absolute atomic E-state index is 2.57. The lowest BCUT2D eigenvalue weighted by Gasteiger charge is -2.36. The molecular weight excluding hydrogens is 170 g/mol. The molecule has 0 bridgehead atoms. The van der Waals surface area contributed by atoms with Crippen molar-refractivity contribution < 1.29 is 0 Å². The Morgan fingerprint density at radius 1 is 1.00 bits per heavy atom. The predicted octanol–water partition coefficient (Wildman–Crippen LogP) is 3.15. The zero-order chi connectivity index (χ0) is 10.1. The van der Waals surface area contributed by atoms with E-state index in [1.807, 2.05) is 0 Å². The molecule has 4 unspecified atom stereocenters. The molecule has 0 N–H and O–H groups in total. The van der Waals surface area contributed by atoms with E-state index in [-0.39, 0.29) is 0 Å². The molecule has 1 saturated heterocycles. The third-order valence-electron chi connectivity index (χ3n) is 4.95. The van der Waals surface area contributed by atoms with E-state index >= 15 is 0 Å². The monoisotopic (exact) mass is 195 g/mol. The van der Waals surface area contributed by atoms with Crippen LogP contribution in [-0.2, 0) is 0 Å². The van der Waals surface area contributed by atoms with Crippen LogP contribution in [0.3, 0.4) is 0 Å². The number of likely N-dealkylation sites (tertiary alicyclic amines) is 1. The van der Waals surface area contributed by atoms with Gasteiger partial charge in [-0.15, -0.1) is 0 Å². The number of hydrogen-bond acceptors (Lipinski definition) is 1. The summed E-state index contributed by atoms with van der Waals surface area (Å²) in [5.74, 6) is 2.99. The molecule has 4 atom stereocenters. The second-order valence-electron chi connectivity index (χ2n) is 5.58. The highest BCUT2D eigenvalue weighted by Gasteiger charge is 2.35. The van der Waals surface area contributed by atoms with E-state index in [0.29, 0.717) is 0 Å². The summed E-state index contributed by atoms with van der Waals surface area (Å²) >= 11 is 0. The van der Waals surface area contributed by atoms with Crippen molar-refractivity contribution in [3.8, 4) is 0 Å². The topological polar surface area (TPSA) is 3.24 Å². The number of fused-ring (bicyclic) bond motifs is 1. The van der Waals surface area contributed by atoms with Crippen molar-refractivity contribution in [2.24, 2.45) is 17.8 Å². The summed E-state index contributed by atoms with van der Waals surface area (Å²) in [6.07, 6.45) is 7.45. The largest absolute Gasteiger partial charge is 0.303 e. The second kappa shape index (κ2) is 4.22. The minimum atomic E-state index is 0.795. The average Bonchev–Trinajstić information content (AvgIpc) is 2.32. The first-order valence-electron chi connectivity index (χ1n) is 6.40. The molecule has 2 fully saturated rings. The van der Waals surface area contributed by atoms with Gasteiger partial charge in [0.1, 0.15) is 0 Å². The Bertz CT molecular complexity index is 190. The van der Waals surface area contributed by atoms with Crippen molar-refractivity contribution >= 4 is 0 Å². The molecule has 0 amide bonds. The zero-order valence-electron chi connectivity index (χ0n) is 10.00. The van der Waals surface area contributed by atoms with Crippen LogP contribution >= 0.6 is 0 Å². The normalized spacial score (nSPS) is 45.6. The second-order valence-corrected chi connectivity index (χ2v) is 5.58. The minimum absolute atomic E-state index is 0.795. The van der Waals surface area contributed by atoms with Crippen molar-refractivity contribution in [3.05, 3.63) is 0 Å². The molecule has 0 spiro atoms. The molecule has 1 heteroatoms. The predicted molar refractivity (Wildman–Crippen MR) is 61.3 cm³/mol. The maximum atomic E-state index is 2.57. The summed E-state index contributed by atoms with van der Waals surface area (Å²) in [6.45, 7) is 6.23. The van der Waals surface area contributed by atoms with Gasteiger partial charge in [0, 0.05) is 6.04 Å². The first-order valence-corrected chi connectivity index (χ1v) is 6.40. The Balaban J connectivity index is 2.10. The first kappa shape index (κ1) is 10.5. The third kappa shape index (κ3) is 1.84. The highest BCUT2D eigenvalue weighted by molar-refractivity contribution is 4.87. The minimum Gasteiger partial charge on any atom is -0.303 e. The average molecular weight is 195 g/mol. The quantitative estimate of drug-likeness (QED) is 0.574.